The van der Waals surface area contributed by atoms with Crippen molar-refractivity contribution in [2.75, 3.05) is 10.6 Å². The number of benzene rings is 2. The molecule has 0 atom stereocenters. The summed E-state index contributed by atoms with van der Waals surface area (Å²) in [5, 5.41) is 19.9. The second kappa shape index (κ2) is 7.82. The van der Waals surface area contributed by atoms with Crippen LogP contribution in [0.1, 0.15) is 27.2 Å². The lowest BCUT2D eigenvalue weighted by Gasteiger charge is -2.11. The Kier molecular flexibility index (Phi) is 5.05. The summed E-state index contributed by atoms with van der Waals surface area (Å²) in [5.41, 5.74) is 3.75. The highest BCUT2D eigenvalue weighted by atomic mass is 19.1. The number of hydrogen-bond acceptors (Lipinski definition) is 5. The maximum absolute atomic E-state index is 13.5. The molecule has 2 heterocycles. The molecule has 0 radical (unpaired) electrons. The monoisotopic (exact) mass is 405 g/mol. The largest absolute Gasteiger partial charge is 0.508 e. The highest BCUT2D eigenvalue weighted by molar-refractivity contribution is 6.03. The molecule has 1 amide bonds. The first-order valence-electron chi connectivity index (χ1n) is 9.35. The van der Waals surface area contributed by atoms with E-state index in [1.807, 2.05) is 13.0 Å². The smallest absolute Gasteiger partial charge is 0.276 e. The number of carbonyl (C=O) groups is 1. The topological polar surface area (TPSA) is 91.6 Å². The molecule has 0 saturated heterocycles. The molecule has 0 aliphatic heterocycles. The van der Waals surface area contributed by atoms with Gasteiger partial charge < -0.3 is 15.7 Å². The van der Waals surface area contributed by atoms with E-state index in [4.69, 9.17) is 0 Å². The van der Waals surface area contributed by atoms with Gasteiger partial charge in [0.05, 0.1) is 6.20 Å². The average Bonchev–Trinajstić information content (AvgIpc) is 3.13. The number of anilines is 2. The third kappa shape index (κ3) is 3.93. The van der Waals surface area contributed by atoms with Crippen LogP contribution >= 0.6 is 0 Å². The van der Waals surface area contributed by atoms with Gasteiger partial charge in [0.1, 0.15) is 17.4 Å². The zero-order valence-electron chi connectivity index (χ0n) is 16.5. The van der Waals surface area contributed by atoms with E-state index in [2.05, 4.69) is 20.7 Å². The molecule has 0 fully saturated rings. The van der Waals surface area contributed by atoms with Gasteiger partial charge in [-0.15, -0.1) is 5.10 Å². The minimum Gasteiger partial charge on any atom is -0.508 e. The molecule has 30 heavy (non-hydrogen) atoms. The lowest BCUT2D eigenvalue weighted by molar-refractivity contribution is 0.102. The molecule has 152 valence electrons. The zero-order chi connectivity index (χ0) is 21.3. The summed E-state index contributed by atoms with van der Waals surface area (Å²) in [5.74, 6) is 0.106. The summed E-state index contributed by atoms with van der Waals surface area (Å²) < 4.78 is 14.9. The molecule has 0 spiro atoms. The van der Waals surface area contributed by atoms with Gasteiger partial charge in [0.15, 0.2) is 11.3 Å². The van der Waals surface area contributed by atoms with E-state index < -0.39 is 0 Å². The number of imidazole rings is 1. The van der Waals surface area contributed by atoms with Gasteiger partial charge in [0.25, 0.3) is 5.91 Å². The Balaban J connectivity index is 1.57. The number of phenolic OH excluding ortho intramolecular Hbond substituents is 1. The van der Waals surface area contributed by atoms with Crippen molar-refractivity contribution in [1.82, 2.24) is 14.6 Å². The van der Waals surface area contributed by atoms with E-state index in [1.54, 1.807) is 31.2 Å². The van der Waals surface area contributed by atoms with Crippen LogP contribution in [0.4, 0.5) is 15.9 Å². The number of carbonyl (C=O) groups excluding carboxylic acids is 1. The Hall–Kier alpha value is -3.94. The van der Waals surface area contributed by atoms with Gasteiger partial charge in [-0.25, -0.2) is 13.9 Å². The van der Waals surface area contributed by atoms with Gasteiger partial charge in [-0.1, -0.05) is 12.1 Å². The van der Waals surface area contributed by atoms with Crippen molar-refractivity contribution in [2.45, 2.75) is 20.4 Å². The summed E-state index contributed by atoms with van der Waals surface area (Å²) in [7, 11) is 0. The van der Waals surface area contributed by atoms with E-state index in [1.165, 1.54) is 28.9 Å². The van der Waals surface area contributed by atoms with Crippen LogP contribution in [0.2, 0.25) is 0 Å². The fourth-order valence-electron chi connectivity index (χ4n) is 3.08. The van der Waals surface area contributed by atoms with Gasteiger partial charge in [-0.3, -0.25) is 4.79 Å². The van der Waals surface area contributed by atoms with Crippen LogP contribution in [0.25, 0.3) is 5.65 Å². The highest BCUT2D eigenvalue weighted by Gasteiger charge is 2.15. The number of aromatic nitrogens is 3. The third-order valence-corrected chi connectivity index (χ3v) is 4.72. The number of aryl methyl sites for hydroxylation is 2. The lowest BCUT2D eigenvalue weighted by atomic mass is 10.1. The normalized spacial score (nSPS) is 10.9. The minimum absolute atomic E-state index is 0.118. The van der Waals surface area contributed by atoms with E-state index in [0.29, 0.717) is 29.3 Å². The van der Waals surface area contributed by atoms with E-state index in [-0.39, 0.29) is 23.2 Å². The van der Waals surface area contributed by atoms with Gasteiger partial charge in [-0.05, 0) is 66.9 Å². The Morgan fingerprint density at radius 3 is 2.60 bits per heavy atom. The van der Waals surface area contributed by atoms with E-state index in [9.17, 15) is 14.3 Å². The SMILES string of the molecule is Cc1cc(CNc2nn3c(C(=O)Nc4ccc(O)cc4)cnc3cc2C)ccc1F. The van der Waals surface area contributed by atoms with Crippen molar-refractivity contribution in [2.24, 2.45) is 0 Å². The molecular formula is C22H20FN5O2. The Bertz CT molecular complexity index is 1230. The minimum atomic E-state index is -0.371. The lowest BCUT2D eigenvalue weighted by Crippen LogP contribution is -2.16. The number of nitrogens with zero attached hydrogens (tertiary/aromatic N) is 3. The molecule has 0 aliphatic rings. The van der Waals surface area contributed by atoms with Gasteiger partial charge in [0.2, 0.25) is 0 Å². The standard InChI is InChI=1S/C22H20FN5O2/c1-13-9-15(3-8-18(13)23)11-25-21-14(2)10-20-24-12-19(28(20)27-21)22(30)26-16-4-6-17(29)7-5-16/h3-10,12,29H,11H2,1-2H3,(H,25,27)(H,26,30). The number of aromatic hydroxyl groups is 1. The summed E-state index contributed by atoms with van der Waals surface area (Å²) in [4.78, 5) is 17.0. The predicted molar refractivity (Wildman–Crippen MR) is 112 cm³/mol. The van der Waals surface area contributed by atoms with Crippen LogP contribution in [0.15, 0.2) is 54.7 Å². The molecule has 8 heteroatoms. The molecule has 4 rings (SSSR count). The number of halogens is 1. The Morgan fingerprint density at radius 2 is 1.87 bits per heavy atom. The fourth-order valence-corrected chi connectivity index (χ4v) is 3.08. The second-order valence-corrected chi connectivity index (χ2v) is 7.03. The van der Waals surface area contributed by atoms with Crippen molar-refractivity contribution in [3.05, 3.63) is 82.9 Å². The van der Waals surface area contributed by atoms with Crippen LogP contribution in [-0.2, 0) is 6.54 Å². The fraction of sp³-hybridized carbons (Fsp3) is 0.136. The number of fused-ring (bicyclic) bond motifs is 1. The quantitative estimate of drug-likeness (QED) is 0.436. The maximum atomic E-state index is 13.5. The van der Waals surface area contributed by atoms with Crippen molar-refractivity contribution in [3.63, 3.8) is 0 Å². The Morgan fingerprint density at radius 1 is 1.10 bits per heavy atom. The molecule has 7 nitrogen and oxygen atoms in total. The highest BCUT2D eigenvalue weighted by Crippen LogP contribution is 2.19. The molecule has 2 aromatic heterocycles. The maximum Gasteiger partial charge on any atom is 0.276 e. The van der Waals surface area contributed by atoms with Crippen LogP contribution in [-0.4, -0.2) is 25.6 Å². The molecule has 3 N–H and O–H groups in total. The van der Waals surface area contributed by atoms with Crippen molar-refractivity contribution in [1.29, 1.82) is 0 Å². The number of nitrogens with one attached hydrogen (secondary N) is 2. The molecule has 4 aromatic rings. The van der Waals surface area contributed by atoms with Crippen molar-refractivity contribution in [3.8, 4) is 5.75 Å². The Labute approximate surface area is 172 Å². The summed E-state index contributed by atoms with van der Waals surface area (Å²) in [6.45, 7) is 4.08. The second-order valence-electron chi connectivity index (χ2n) is 7.03. The zero-order valence-corrected chi connectivity index (χ0v) is 16.5. The van der Waals surface area contributed by atoms with Gasteiger partial charge in [0, 0.05) is 12.2 Å². The third-order valence-electron chi connectivity index (χ3n) is 4.72. The first-order chi connectivity index (χ1) is 14.4. The number of phenols is 1. The van der Waals surface area contributed by atoms with Crippen LogP contribution in [0.3, 0.4) is 0 Å². The van der Waals surface area contributed by atoms with Crippen molar-refractivity contribution >= 4 is 23.1 Å². The van der Waals surface area contributed by atoms with Crippen LogP contribution in [0.5, 0.6) is 5.75 Å². The van der Waals surface area contributed by atoms with Gasteiger partial charge in [-0.2, -0.15) is 0 Å². The first-order valence-corrected chi connectivity index (χ1v) is 9.35. The molecular weight excluding hydrogens is 385 g/mol. The molecule has 2 aromatic carbocycles. The number of rotatable bonds is 5. The van der Waals surface area contributed by atoms with E-state index in [0.717, 1.165) is 11.1 Å². The summed E-state index contributed by atoms with van der Waals surface area (Å²) >= 11 is 0. The first kappa shape index (κ1) is 19.4. The number of amides is 1. The average molecular weight is 405 g/mol. The van der Waals surface area contributed by atoms with Crippen LogP contribution in [0, 0.1) is 19.7 Å². The molecule has 0 saturated carbocycles. The predicted octanol–water partition coefficient (Wildman–Crippen LogP) is 4.06. The molecule has 0 bridgehead atoms. The summed E-state index contributed by atoms with van der Waals surface area (Å²) in [6.07, 6.45) is 1.46. The van der Waals surface area contributed by atoms with Crippen molar-refractivity contribution < 1.29 is 14.3 Å². The van der Waals surface area contributed by atoms with E-state index >= 15 is 0 Å². The van der Waals surface area contributed by atoms with Crippen LogP contribution < -0.4 is 10.6 Å². The van der Waals surface area contributed by atoms with Gasteiger partial charge >= 0.3 is 0 Å². The number of hydrogen-bond donors (Lipinski definition) is 3. The molecule has 0 aliphatic carbocycles. The molecule has 0 unspecified atom stereocenters. The summed E-state index contributed by atoms with van der Waals surface area (Å²) in [6, 6.07) is 13.0.